The molecule has 25 heavy (non-hydrogen) atoms. The molecule has 0 bridgehead atoms. The summed E-state index contributed by atoms with van der Waals surface area (Å²) in [5.74, 6) is -0.458. The van der Waals surface area contributed by atoms with Gasteiger partial charge in [-0.3, -0.25) is 14.9 Å². The van der Waals surface area contributed by atoms with Gasteiger partial charge in [0.2, 0.25) is 0 Å². The lowest BCUT2D eigenvalue weighted by atomic mass is 10.0. The molecule has 0 aliphatic heterocycles. The maximum absolute atomic E-state index is 11.9. The van der Waals surface area contributed by atoms with Crippen molar-refractivity contribution in [1.29, 1.82) is 0 Å². The van der Waals surface area contributed by atoms with E-state index >= 15 is 0 Å². The van der Waals surface area contributed by atoms with Gasteiger partial charge < -0.3 is 4.74 Å². The first-order chi connectivity index (χ1) is 11.9. The largest absolute Gasteiger partial charge is 0.477 e. The van der Waals surface area contributed by atoms with Gasteiger partial charge in [-0.2, -0.15) is 5.10 Å². The fraction of sp³-hybridized carbons (Fsp3) is 0.222. The van der Waals surface area contributed by atoms with Crippen molar-refractivity contribution < 1.29 is 14.5 Å². The molecule has 2 aromatic rings. The van der Waals surface area contributed by atoms with E-state index in [1.54, 1.807) is 13.0 Å². The zero-order chi connectivity index (χ0) is 18.4. The Labute approximate surface area is 145 Å². The number of aryl methyl sites for hydroxylation is 2. The van der Waals surface area contributed by atoms with Crippen LogP contribution in [0.25, 0.3) is 0 Å². The van der Waals surface area contributed by atoms with Crippen LogP contribution in [0.15, 0.2) is 47.6 Å². The smallest absolute Gasteiger partial charge is 0.310 e. The number of nitro groups is 1. The van der Waals surface area contributed by atoms with Crippen molar-refractivity contribution in [3.63, 3.8) is 0 Å². The summed E-state index contributed by atoms with van der Waals surface area (Å²) in [6.45, 7) is 5.38. The number of ether oxygens (including phenoxy) is 1. The van der Waals surface area contributed by atoms with Gasteiger partial charge in [-0.25, -0.2) is 5.43 Å². The molecule has 130 valence electrons. The minimum absolute atomic E-state index is 0.0397. The minimum atomic E-state index is -0.559. The maximum atomic E-state index is 11.9. The molecular weight excluding hydrogens is 322 g/mol. The number of nitrogens with zero attached hydrogens (tertiary/aromatic N) is 2. The monoisotopic (exact) mass is 341 g/mol. The van der Waals surface area contributed by atoms with E-state index in [4.69, 9.17) is 4.74 Å². The van der Waals surface area contributed by atoms with E-state index < -0.39 is 10.8 Å². The number of hydrazone groups is 1. The number of nitro benzene ring substituents is 1. The first-order valence-electron chi connectivity index (χ1n) is 7.65. The number of amides is 1. The third-order valence-electron chi connectivity index (χ3n) is 3.55. The summed E-state index contributed by atoms with van der Waals surface area (Å²) in [5.41, 5.74) is 5.97. The Bertz CT molecular complexity index is 831. The van der Waals surface area contributed by atoms with Crippen LogP contribution in [0.2, 0.25) is 0 Å². The number of hydrogen-bond donors (Lipinski definition) is 1. The van der Waals surface area contributed by atoms with E-state index in [0.717, 1.165) is 16.7 Å². The van der Waals surface area contributed by atoms with Crippen LogP contribution >= 0.6 is 0 Å². The molecule has 2 aromatic carbocycles. The van der Waals surface area contributed by atoms with Gasteiger partial charge in [0.1, 0.15) is 0 Å². The lowest BCUT2D eigenvalue weighted by Crippen LogP contribution is -2.25. The molecule has 0 spiro atoms. The zero-order valence-electron chi connectivity index (χ0n) is 14.3. The Balaban J connectivity index is 1.99. The summed E-state index contributed by atoms with van der Waals surface area (Å²) in [7, 11) is 0. The Morgan fingerprint density at radius 1 is 1.24 bits per heavy atom. The van der Waals surface area contributed by atoms with Gasteiger partial charge in [-0.05, 0) is 38.5 Å². The highest BCUT2D eigenvalue weighted by Crippen LogP contribution is 2.25. The van der Waals surface area contributed by atoms with E-state index in [-0.39, 0.29) is 18.0 Å². The Kier molecular flexibility index (Phi) is 5.84. The van der Waals surface area contributed by atoms with Crippen molar-refractivity contribution in [1.82, 2.24) is 5.43 Å². The number of para-hydroxylation sites is 2. The van der Waals surface area contributed by atoms with Gasteiger partial charge in [-0.1, -0.05) is 29.8 Å². The molecule has 0 unspecified atom stereocenters. The van der Waals surface area contributed by atoms with Crippen LogP contribution < -0.4 is 10.2 Å². The molecular formula is C18H19N3O4. The molecule has 0 saturated heterocycles. The fourth-order valence-electron chi connectivity index (χ4n) is 2.24. The number of hydrogen-bond acceptors (Lipinski definition) is 5. The van der Waals surface area contributed by atoms with E-state index in [0.29, 0.717) is 5.71 Å². The molecule has 0 aliphatic carbocycles. The molecule has 0 saturated carbocycles. The summed E-state index contributed by atoms with van der Waals surface area (Å²) < 4.78 is 5.22. The average Bonchev–Trinajstić information content (AvgIpc) is 2.60. The third kappa shape index (κ3) is 4.87. The molecule has 1 amide bonds. The molecule has 0 heterocycles. The SMILES string of the molecule is C/C(=N\NC(=O)COc1ccccc1[N+](=O)[O-])c1cc(C)ccc1C. The summed E-state index contributed by atoms with van der Waals surface area (Å²) in [4.78, 5) is 22.2. The van der Waals surface area contributed by atoms with Gasteiger partial charge in [0.05, 0.1) is 10.6 Å². The predicted octanol–water partition coefficient (Wildman–Crippen LogP) is 3.13. The van der Waals surface area contributed by atoms with Gasteiger partial charge in [0.25, 0.3) is 5.91 Å². The molecule has 2 rings (SSSR count). The predicted molar refractivity (Wildman–Crippen MR) is 94.9 cm³/mol. The molecule has 0 atom stereocenters. The Hall–Kier alpha value is -3.22. The summed E-state index contributed by atoms with van der Waals surface area (Å²) in [6.07, 6.45) is 0. The van der Waals surface area contributed by atoms with Crippen LogP contribution in [-0.2, 0) is 4.79 Å². The third-order valence-corrected chi connectivity index (χ3v) is 3.55. The molecule has 0 radical (unpaired) electrons. The van der Waals surface area contributed by atoms with Crippen LogP contribution in [0.1, 0.15) is 23.6 Å². The van der Waals surface area contributed by atoms with Crippen molar-refractivity contribution in [2.45, 2.75) is 20.8 Å². The molecule has 7 nitrogen and oxygen atoms in total. The standard InChI is InChI=1S/C18H19N3O4/c1-12-8-9-13(2)15(10-12)14(3)19-20-18(22)11-25-17-7-5-4-6-16(17)21(23)24/h4-10H,11H2,1-3H3,(H,20,22)/b19-14+. The number of rotatable bonds is 6. The first kappa shape index (κ1) is 18.1. The second-order valence-electron chi connectivity index (χ2n) is 5.56. The Morgan fingerprint density at radius 3 is 2.68 bits per heavy atom. The fourth-order valence-corrected chi connectivity index (χ4v) is 2.24. The normalized spacial score (nSPS) is 11.1. The van der Waals surface area contributed by atoms with Crippen molar-refractivity contribution in [2.24, 2.45) is 5.10 Å². The Morgan fingerprint density at radius 2 is 1.96 bits per heavy atom. The lowest BCUT2D eigenvalue weighted by Gasteiger charge is -2.08. The number of benzene rings is 2. The molecule has 7 heteroatoms. The number of nitrogens with one attached hydrogen (secondary N) is 1. The highest BCUT2D eigenvalue weighted by Gasteiger charge is 2.14. The van der Waals surface area contributed by atoms with Gasteiger partial charge >= 0.3 is 5.69 Å². The topological polar surface area (TPSA) is 93.8 Å². The van der Waals surface area contributed by atoms with Crippen LogP contribution in [0.4, 0.5) is 5.69 Å². The molecule has 0 fully saturated rings. The minimum Gasteiger partial charge on any atom is -0.477 e. The average molecular weight is 341 g/mol. The van der Waals surface area contributed by atoms with Crippen LogP contribution in [0.5, 0.6) is 5.75 Å². The summed E-state index contributed by atoms with van der Waals surface area (Å²) >= 11 is 0. The van der Waals surface area contributed by atoms with Crippen molar-refractivity contribution in [3.8, 4) is 5.75 Å². The van der Waals surface area contributed by atoms with Crippen LogP contribution in [-0.4, -0.2) is 23.1 Å². The van der Waals surface area contributed by atoms with Gasteiger partial charge in [0, 0.05) is 11.6 Å². The van der Waals surface area contributed by atoms with Crippen LogP contribution in [0, 0.1) is 24.0 Å². The summed E-state index contributed by atoms with van der Waals surface area (Å²) in [5, 5.41) is 15.0. The van der Waals surface area contributed by atoms with E-state index in [1.165, 1.54) is 18.2 Å². The molecule has 0 aromatic heterocycles. The van der Waals surface area contributed by atoms with E-state index in [2.05, 4.69) is 10.5 Å². The number of carbonyl (C=O) groups is 1. The highest BCUT2D eigenvalue weighted by molar-refractivity contribution is 6.00. The van der Waals surface area contributed by atoms with Crippen molar-refractivity contribution >= 4 is 17.3 Å². The van der Waals surface area contributed by atoms with Gasteiger partial charge in [0.15, 0.2) is 12.4 Å². The van der Waals surface area contributed by atoms with Gasteiger partial charge in [-0.15, -0.1) is 0 Å². The second kappa shape index (κ2) is 8.05. The zero-order valence-corrected chi connectivity index (χ0v) is 14.3. The van der Waals surface area contributed by atoms with Crippen LogP contribution in [0.3, 0.4) is 0 Å². The van der Waals surface area contributed by atoms with E-state index in [1.807, 2.05) is 32.0 Å². The molecule has 1 N–H and O–H groups in total. The van der Waals surface area contributed by atoms with E-state index in [9.17, 15) is 14.9 Å². The van der Waals surface area contributed by atoms with Crippen molar-refractivity contribution in [3.05, 3.63) is 69.3 Å². The maximum Gasteiger partial charge on any atom is 0.310 e. The summed E-state index contributed by atoms with van der Waals surface area (Å²) in [6, 6.07) is 11.9. The van der Waals surface area contributed by atoms with Crippen molar-refractivity contribution in [2.75, 3.05) is 6.61 Å². The second-order valence-corrected chi connectivity index (χ2v) is 5.56. The highest BCUT2D eigenvalue weighted by atomic mass is 16.6. The lowest BCUT2D eigenvalue weighted by molar-refractivity contribution is -0.385. The quantitative estimate of drug-likeness (QED) is 0.496. The first-order valence-corrected chi connectivity index (χ1v) is 7.65. The number of carbonyl (C=O) groups excluding carboxylic acids is 1. The molecule has 0 aliphatic rings.